The first kappa shape index (κ1) is 17.7. The van der Waals surface area contributed by atoms with Crippen molar-refractivity contribution in [1.29, 1.82) is 0 Å². The minimum atomic E-state index is 0.673. The van der Waals surface area contributed by atoms with Crippen LogP contribution in [0.5, 0.6) is 11.5 Å². The van der Waals surface area contributed by atoms with Gasteiger partial charge in [0.05, 0.1) is 14.2 Å². The Bertz CT molecular complexity index is 902. The molecule has 26 heavy (non-hydrogen) atoms. The van der Waals surface area contributed by atoms with Crippen LogP contribution >= 0.6 is 0 Å². The Morgan fingerprint density at radius 1 is 1.08 bits per heavy atom. The molecule has 3 rings (SSSR count). The monoisotopic (exact) mass is 352 g/mol. The first-order valence-corrected chi connectivity index (χ1v) is 8.50. The molecule has 0 saturated heterocycles. The van der Waals surface area contributed by atoms with Crippen LogP contribution in [0.2, 0.25) is 0 Å². The maximum atomic E-state index is 5.33. The number of para-hydroxylation sites is 1. The van der Waals surface area contributed by atoms with Gasteiger partial charge in [-0.05, 0) is 30.2 Å². The lowest BCUT2D eigenvalue weighted by Crippen LogP contribution is -2.32. The fourth-order valence-electron chi connectivity index (χ4n) is 2.88. The van der Waals surface area contributed by atoms with E-state index in [2.05, 4.69) is 45.0 Å². The molecule has 3 N–H and O–H groups in total. The summed E-state index contributed by atoms with van der Waals surface area (Å²) in [5, 5.41) is 7.87. The van der Waals surface area contributed by atoms with Gasteiger partial charge in [0.25, 0.3) is 0 Å². The fraction of sp³-hybridized carbons (Fsp3) is 0.250. The summed E-state index contributed by atoms with van der Waals surface area (Å²) in [6.45, 7) is 0.773. The Morgan fingerprint density at radius 2 is 1.88 bits per heavy atom. The maximum absolute atomic E-state index is 5.33. The van der Waals surface area contributed by atoms with Gasteiger partial charge in [-0.1, -0.05) is 18.2 Å². The van der Waals surface area contributed by atoms with Crippen LogP contribution in [0.3, 0.4) is 0 Å². The highest BCUT2D eigenvalue weighted by Gasteiger charge is 2.07. The van der Waals surface area contributed by atoms with E-state index >= 15 is 0 Å². The summed E-state index contributed by atoms with van der Waals surface area (Å²) >= 11 is 0. The molecule has 0 aliphatic rings. The van der Waals surface area contributed by atoms with Gasteiger partial charge in [0.15, 0.2) is 17.5 Å². The summed E-state index contributed by atoms with van der Waals surface area (Å²) in [5.41, 5.74) is 3.33. The summed E-state index contributed by atoms with van der Waals surface area (Å²) in [5.74, 6) is 2.07. The minimum Gasteiger partial charge on any atom is -0.493 e. The van der Waals surface area contributed by atoms with Crippen LogP contribution in [0, 0.1) is 0 Å². The molecule has 2 aromatic carbocycles. The second-order valence-electron chi connectivity index (χ2n) is 5.80. The van der Waals surface area contributed by atoms with E-state index in [0.29, 0.717) is 17.5 Å². The molecule has 6 nitrogen and oxygen atoms in total. The molecule has 0 saturated carbocycles. The average molecular weight is 352 g/mol. The van der Waals surface area contributed by atoms with Gasteiger partial charge in [-0.3, -0.25) is 4.99 Å². The zero-order valence-electron chi connectivity index (χ0n) is 15.3. The number of fused-ring (bicyclic) bond motifs is 1. The quantitative estimate of drug-likeness (QED) is 0.470. The van der Waals surface area contributed by atoms with Crippen molar-refractivity contribution in [2.75, 3.05) is 33.1 Å². The number of nitrogens with zero attached hydrogens (tertiary/aromatic N) is 1. The second kappa shape index (κ2) is 8.29. The lowest BCUT2D eigenvalue weighted by Gasteiger charge is -2.14. The molecular formula is C20H24N4O2. The van der Waals surface area contributed by atoms with Gasteiger partial charge in [-0.2, -0.15) is 0 Å². The zero-order chi connectivity index (χ0) is 18.4. The third-order valence-corrected chi connectivity index (χ3v) is 4.23. The van der Waals surface area contributed by atoms with Crippen molar-refractivity contribution in [2.24, 2.45) is 4.99 Å². The molecule has 0 unspecified atom stereocenters. The molecule has 3 aromatic rings. The maximum Gasteiger partial charge on any atom is 0.195 e. The summed E-state index contributed by atoms with van der Waals surface area (Å²) in [6.07, 6.45) is 2.97. The highest BCUT2D eigenvalue weighted by atomic mass is 16.5. The van der Waals surface area contributed by atoms with E-state index in [9.17, 15) is 0 Å². The zero-order valence-corrected chi connectivity index (χ0v) is 15.3. The highest BCUT2D eigenvalue weighted by molar-refractivity contribution is 5.94. The summed E-state index contributed by atoms with van der Waals surface area (Å²) in [7, 11) is 4.99. The normalized spacial score (nSPS) is 11.4. The number of aliphatic imine (C=N–C) groups is 1. The number of nitrogens with one attached hydrogen (secondary N) is 3. The number of aromatic nitrogens is 1. The van der Waals surface area contributed by atoms with Gasteiger partial charge in [-0.15, -0.1) is 0 Å². The molecule has 0 fully saturated rings. The van der Waals surface area contributed by atoms with Gasteiger partial charge < -0.3 is 25.1 Å². The van der Waals surface area contributed by atoms with Crippen molar-refractivity contribution in [3.8, 4) is 11.5 Å². The third-order valence-electron chi connectivity index (χ3n) is 4.23. The summed E-state index contributed by atoms with van der Waals surface area (Å²) < 4.78 is 10.6. The van der Waals surface area contributed by atoms with E-state index in [1.807, 2.05) is 24.3 Å². The van der Waals surface area contributed by atoms with Crippen molar-refractivity contribution in [3.05, 3.63) is 54.2 Å². The molecule has 0 bridgehead atoms. The number of methoxy groups -OCH3 is 2. The van der Waals surface area contributed by atoms with Crippen molar-refractivity contribution < 1.29 is 9.47 Å². The topological polar surface area (TPSA) is 70.7 Å². The van der Waals surface area contributed by atoms with Gasteiger partial charge in [0, 0.05) is 42.4 Å². The van der Waals surface area contributed by atoms with E-state index in [4.69, 9.17) is 9.47 Å². The molecule has 0 spiro atoms. The van der Waals surface area contributed by atoms with Crippen LogP contribution in [0.4, 0.5) is 5.69 Å². The number of guanidine groups is 1. The summed E-state index contributed by atoms with van der Waals surface area (Å²) in [6, 6.07) is 14.0. The van der Waals surface area contributed by atoms with Gasteiger partial charge in [0.1, 0.15) is 0 Å². The summed E-state index contributed by atoms with van der Waals surface area (Å²) in [4.78, 5) is 7.58. The van der Waals surface area contributed by atoms with E-state index in [1.165, 1.54) is 10.9 Å². The molecule has 1 aromatic heterocycles. The molecule has 0 atom stereocenters. The Morgan fingerprint density at radius 3 is 2.65 bits per heavy atom. The van der Waals surface area contributed by atoms with Crippen LogP contribution in [0.1, 0.15) is 5.56 Å². The number of hydrogen-bond acceptors (Lipinski definition) is 3. The number of anilines is 1. The number of H-pyrrole nitrogens is 1. The smallest absolute Gasteiger partial charge is 0.195 e. The van der Waals surface area contributed by atoms with E-state index in [1.54, 1.807) is 21.3 Å². The minimum absolute atomic E-state index is 0.673. The van der Waals surface area contributed by atoms with Crippen molar-refractivity contribution >= 4 is 22.5 Å². The number of benzene rings is 2. The largest absolute Gasteiger partial charge is 0.493 e. The second-order valence-corrected chi connectivity index (χ2v) is 5.80. The van der Waals surface area contributed by atoms with E-state index < -0.39 is 0 Å². The van der Waals surface area contributed by atoms with Crippen LogP contribution in [0.25, 0.3) is 10.9 Å². The number of aromatic amines is 1. The van der Waals surface area contributed by atoms with Crippen LogP contribution in [0.15, 0.2) is 53.7 Å². The third kappa shape index (κ3) is 3.91. The van der Waals surface area contributed by atoms with Crippen LogP contribution in [-0.4, -0.2) is 38.8 Å². The molecule has 0 aliphatic heterocycles. The first-order chi connectivity index (χ1) is 12.7. The number of rotatable bonds is 6. The van der Waals surface area contributed by atoms with Crippen LogP contribution in [-0.2, 0) is 6.42 Å². The Kier molecular flexibility index (Phi) is 5.63. The standard InChI is InChI=1S/C20H24N4O2/c1-21-20(24-15-8-9-18(25-2)19(12-15)26-3)22-11-10-14-13-23-17-7-5-4-6-16(14)17/h4-9,12-13,23H,10-11H2,1-3H3,(H2,21,22,24). The first-order valence-electron chi connectivity index (χ1n) is 8.50. The molecule has 0 amide bonds. The molecular weight excluding hydrogens is 328 g/mol. The highest BCUT2D eigenvalue weighted by Crippen LogP contribution is 2.29. The van der Waals surface area contributed by atoms with E-state index in [0.717, 1.165) is 24.2 Å². The van der Waals surface area contributed by atoms with Crippen molar-refractivity contribution in [2.45, 2.75) is 6.42 Å². The fourth-order valence-corrected chi connectivity index (χ4v) is 2.88. The van der Waals surface area contributed by atoms with Crippen LogP contribution < -0.4 is 20.1 Å². The average Bonchev–Trinajstić information content (AvgIpc) is 3.10. The number of hydrogen-bond donors (Lipinski definition) is 3. The SMILES string of the molecule is CN=C(NCCc1c[nH]c2ccccc12)Nc1ccc(OC)c(OC)c1. The van der Waals surface area contributed by atoms with Gasteiger partial charge >= 0.3 is 0 Å². The lowest BCUT2D eigenvalue weighted by molar-refractivity contribution is 0.355. The number of ether oxygens (including phenoxy) is 2. The Balaban J connectivity index is 1.60. The molecule has 0 radical (unpaired) electrons. The molecule has 6 heteroatoms. The Hall–Kier alpha value is -3.15. The molecule has 136 valence electrons. The van der Waals surface area contributed by atoms with E-state index in [-0.39, 0.29) is 0 Å². The van der Waals surface area contributed by atoms with Gasteiger partial charge in [0.2, 0.25) is 0 Å². The molecule has 0 aliphatic carbocycles. The lowest BCUT2D eigenvalue weighted by atomic mass is 10.1. The van der Waals surface area contributed by atoms with Crippen molar-refractivity contribution in [3.63, 3.8) is 0 Å². The molecule has 1 heterocycles. The predicted octanol–water partition coefficient (Wildman–Crippen LogP) is 3.42. The van der Waals surface area contributed by atoms with Crippen molar-refractivity contribution in [1.82, 2.24) is 10.3 Å². The van der Waals surface area contributed by atoms with Gasteiger partial charge in [-0.25, -0.2) is 0 Å². The predicted molar refractivity (Wildman–Crippen MR) is 107 cm³/mol. The Labute approximate surface area is 153 Å².